The second-order valence-corrected chi connectivity index (χ2v) is 5.19. The van der Waals surface area contributed by atoms with Gasteiger partial charge in [0.2, 0.25) is 0 Å². The molecule has 1 heterocycles. The number of carbonyl (C=O) groups is 1. The number of hydrogen-bond acceptors (Lipinski definition) is 3. The Morgan fingerprint density at radius 3 is 2.89 bits per heavy atom. The van der Waals surface area contributed by atoms with Crippen LogP contribution in [0.2, 0.25) is 0 Å². The maximum Gasteiger partial charge on any atom is 0.268 e. The molecule has 18 heavy (non-hydrogen) atoms. The van der Waals surface area contributed by atoms with E-state index in [4.69, 9.17) is 5.73 Å². The first-order valence-corrected chi connectivity index (χ1v) is 6.45. The Bertz CT molecular complexity index is 435. The van der Waals surface area contributed by atoms with E-state index in [1.54, 1.807) is 12.3 Å². The minimum atomic E-state index is -0.111. The Kier molecular flexibility index (Phi) is 3.61. The predicted molar refractivity (Wildman–Crippen MR) is 70.2 cm³/mol. The molecule has 1 aromatic heterocycles. The van der Waals surface area contributed by atoms with Gasteiger partial charge in [0.05, 0.1) is 12.3 Å². The Hall–Kier alpha value is -1.49. The van der Waals surface area contributed by atoms with Crippen molar-refractivity contribution < 1.29 is 9.90 Å². The molecule has 0 bridgehead atoms. The number of nitrogens with one attached hydrogen (secondary N) is 1. The van der Waals surface area contributed by atoms with Gasteiger partial charge in [0.25, 0.3) is 5.91 Å². The zero-order chi connectivity index (χ0) is 13.2. The van der Waals surface area contributed by atoms with Gasteiger partial charge in [-0.15, -0.1) is 0 Å². The number of nitrogen functional groups attached to an aromatic ring is 1. The van der Waals surface area contributed by atoms with Crippen molar-refractivity contribution in [2.75, 3.05) is 18.9 Å². The number of anilines is 1. The van der Waals surface area contributed by atoms with Crippen molar-refractivity contribution >= 4 is 11.6 Å². The minimum absolute atomic E-state index is 0.0661. The van der Waals surface area contributed by atoms with Gasteiger partial charge in [-0.25, -0.2) is 0 Å². The largest absolute Gasteiger partial charge is 0.397 e. The molecule has 0 saturated heterocycles. The molecule has 0 atom stereocenters. The van der Waals surface area contributed by atoms with E-state index in [1.165, 1.54) is 0 Å². The lowest BCUT2D eigenvalue weighted by Gasteiger charge is -2.13. The van der Waals surface area contributed by atoms with Crippen LogP contribution in [0, 0.1) is 5.41 Å². The fraction of sp³-hybridized carbons (Fsp3) is 0.615. The van der Waals surface area contributed by atoms with Crippen LogP contribution < -0.4 is 11.1 Å². The number of nitrogens with zero attached hydrogens (tertiary/aromatic N) is 1. The normalized spacial score (nSPS) is 16.6. The Morgan fingerprint density at radius 2 is 2.33 bits per heavy atom. The van der Waals surface area contributed by atoms with Gasteiger partial charge >= 0.3 is 0 Å². The van der Waals surface area contributed by atoms with Crippen LogP contribution in [0.25, 0.3) is 0 Å². The van der Waals surface area contributed by atoms with E-state index in [-0.39, 0.29) is 17.9 Å². The Labute approximate surface area is 107 Å². The fourth-order valence-electron chi connectivity index (χ4n) is 2.08. The number of aromatic nitrogens is 1. The highest BCUT2D eigenvalue weighted by Gasteiger charge is 2.42. The summed E-state index contributed by atoms with van der Waals surface area (Å²) >= 11 is 0. The van der Waals surface area contributed by atoms with E-state index in [0.29, 0.717) is 17.9 Å². The van der Waals surface area contributed by atoms with Crippen molar-refractivity contribution in [3.05, 3.63) is 18.0 Å². The van der Waals surface area contributed by atoms with Gasteiger partial charge in [-0.2, -0.15) is 0 Å². The third-order valence-corrected chi connectivity index (χ3v) is 3.53. The molecule has 1 fully saturated rings. The van der Waals surface area contributed by atoms with Crippen molar-refractivity contribution in [1.82, 2.24) is 9.88 Å². The molecule has 5 nitrogen and oxygen atoms in total. The van der Waals surface area contributed by atoms with E-state index in [1.807, 2.05) is 4.57 Å². The van der Waals surface area contributed by atoms with Crippen molar-refractivity contribution in [3.8, 4) is 0 Å². The molecule has 1 aromatic rings. The number of rotatable bonds is 6. The van der Waals surface area contributed by atoms with Gasteiger partial charge in [-0.1, -0.05) is 6.92 Å². The maximum atomic E-state index is 12.1. The highest BCUT2D eigenvalue weighted by molar-refractivity contribution is 5.93. The van der Waals surface area contributed by atoms with Crippen LogP contribution in [0.1, 0.15) is 36.7 Å². The monoisotopic (exact) mass is 251 g/mol. The zero-order valence-corrected chi connectivity index (χ0v) is 10.8. The van der Waals surface area contributed by atoms with Crippen LogP contribution in [0.5, 0.6) is 0 Å². The molecule has 0 unspecified atom stereocenters. The Balaban J connectivity index is 1.99. The molecule has 1 aliphatic rings. The molecular formula is C13H21N3O2. The lowest BCUT2D eigenvalue weighted by molar-refractivity contribution is 0.0926. The molecule has 1 saturated carbocycles. The first-order chi connectivity index (χ1) is 8.60. The van der Waals surface area contributed by atoms with Crippen molar-refractivity contribution in [1.29, 1.82) is 0 Å². The topological polar surface area (TPSA) is 80.3 Å². The number of aliphatic hydroxyl groups excluding tert-OH is 1. The molecule has 2 rings (SSSR count). The molecule has 1 aliphatic carbocycles. The number of aliphatic hydroxyl groups is 1. The molecule has 100 valence electrons. The highest BCUT2D eigenvalue weighted by atomic mass is 16.3. The molecule has 0 radical (unpaired) electrons. The van der Waals surface area contributed by atoms with Crippen LogP contribution in [0.4, 0.5) is 5.69 Å². The summed E-state index contributed by atoms with van der Waals surface area (Å²) in [5, 5.41) is 12.1. The molecule has 5 heteroatoms. The average Bonchev–Trinajstić information content (AvgIpc) is 3.05. The first-order valence-electron chi connectivity index (χ1n) is 6.45. The molecule has 1 amide bonds. The standard InChI is InChI=1S/C13H21N3O2/c1-2-5-16-7-10(14)6-11(16)12(18)15-8-13(9-17)3-4-13/h6-7,17H,2-5,8-9,14H2,1H3,(H,15,18). The Morgan fingerprint density at radius 1 is 1.61 bits per heavy atom. The van der Waals surface area contributed by atoms with Gasteiger partial charge in [0.15, 0.2) is 0 Å². The lowest BCUT2D eigenvalue weighted by Crippen LogP contribution is -2.33. The summed E-state index contributed by atoms with van der Waals surface area (Å²) in [7, 11) is 0. The number of amides is 1. The van der Waals surface area contributed by atoms with E-state index in [9.17, 15) is 9.90 Å². The van der Waals surface area contributed by atoms with Crippen LogP contribution in [-0.2, 0) is 6.54 Å². The third-order valence-electron chi connectivity index (χ3n) is 3.53. The van der Waals surface area contributed by atoms with Gasteiger partial charge in [-0.05, 0) is 25.3 Å². The summed E-state index contributed by atoms with van der Waals surface area (Å²) in [5.74, 6) is -0.111. The molecule has 0 aromatic carbocycles. The van der Waals surface area contributed by atoms with Gasteiger partial charge in [-0.3, -0.25) is 4.79 Å². The molecule has 0 spiro atoms. The van der Waals surface area contributed by atoms with Gasteiger partial charge in [0, 0.05) is 24.7 Å². The van der Waals surface area contributed by atoms with Crippen molar-refractivity contribution in [2.45, 2.75) is 32.7 Å². The van der Waals surface area contributed by atoms with Crippen LogP contribution in [0.15, 0.2) is 12.3 Å². The zero-order valence-electron chi connectivity index (χ0n) is 10.8. The molecule has 0 aliphatic heterocycles. The summed E-state index contributed by atoms with van der Waals surface area (Å²) in [4.78, 5) is 12.1. The van der Waals surface area contributed by atoms with Crippen molar-refractivity contribution in [3.63, 3.8) is 0 Å². The second kappa shape index (κ2) is 5.02. The van der Waals surface area contributed by atoms with Crippen LogP contribution in [-0.4, -0.2) is 28.7 Å². The quantitative estimate of drug-likeness (QED) is 0.705. The lowest BCUT2D eigenvalue weighted by atomic mass is 10.1. The van der Waals surface area contributed by atoms with E-state index >= 15 is 0 Å². The minimum Gasteiger partial charge on any atom is -0.397 e. The van der Waals surface area contributed by atoms with E-state index in [2.05, 4.69) is 12.2 Å². The average molecular weight is 251 g/mol. The SMILES string of the molecule is CCCn1cc(N)cc1C(=O)NCC1(CO)CC1. The van der Waals surface area contributed by atoms with Crippen LogP contribution >= 0.6 is 0 Å². The maximum absolute atomic E-state index is 12.1. The summed E-state index contributed by atoms with van der Waals surface area (Å²) in [5.41, 5.74) is 6.87. The highest BCUT2D eigenvalue weighted by Crippen LogP contribution is 2.44. The molecule has 4 N–H and O–H groups in total. The van der Waals surface area contributed by atoms with E-state index < -0.39 is 0 Å². The first kappa shape index (κ1) is 13.0. The summed E-state index contributed by atoms with van der Waals surface area (Å²) in [6.07, 6.45) is 4.72. The predicted octanol–water partition coefficient (Wildman–Crippen LogP) is 0.983. The second-order valence-electron chi connectivity index (χ2n) is 5.19. The van der Waals surface area contributed by atoms with E-state index in [0.717, 1.165) is 25.8 Å². The molecular weight excluding hydrogens is 230 g/mol. The third kappa shape index (κ3) is 2.67. The van der Waals surface area contributed by atoms with Gasteiger partial charge < -0.3 is 20.7 Å². The van der Waals surface area contributed by atoms with Gasteiger partial charge in [0.1, 0.15) is 5.69 Å². The van der Waals surface area contributed by atoms with Crippen LogP contribution in [0.3, 0.4) is 0 Å². The summed E-state index contributed by atoms with van der Waals surface area (Å²) < 4.78 is 1.88. The summed E-state index contributed by atoms with van der Waals surface area (Å²) in [6, 6.07) is 1.70. The number of hydrogen-bond donors (Lipinski definition) is 3. The smallest absolute Gasteiger partial charge is 0.268 e. The number of nitrogens with two attached hydrogens (primary N) is 1. The summed E-state index contributed by atoms with van der Waals surface area (Å²) in [6.45, 7) is 3.53. The fourth-order valence-corrected chi connectivity index (χ4v) is 2.08. The number of carbonyl (C=O) groups excluding carboxylic acids is 1. The number of aryl methyl sites for hydroxylation is 1. The van der Waals surface area contributed by atoms with Crippen molar-refractivity contribution in [2.24, 2.45) is 5.41 Å².